The summed E-state index contributed by atoms with van der Waals surface area (Å²) < 4.78 is 10.2. The molecule has 90 valence electrons. The van der Waals surface area contributed by atoms with Gasteiger partial charge in [0.25, 0.3) is 0 Å². The largest absolute Gasteiger partial charge is 0.465 e. The summed E-state index contributed by atoms with van der Waals surface area (Å²) in [6.45, 7) is 8.24. The molecule has 15 heavy (non-hydrogen) atoms. The standard InChI is InChI=1S/C11H23NO3/c1-4-14-11(13)9-12-7-5-6-8-15-10(2)3/h10,12H,4-9H2,1-3H3. The van der Waals surface area contributed by atoms with Crippen molar-refractivity contribution in [3.8, 4) is 0 Å². The molecule has 4 heteroatoms. The molecule has 0 spiro atoms. The number of nitrogens with one attached hydrogen (secondary N) is 1. The first kappa shape index (κ1) is 14.4. The Kier molecular flexibility index (Phi) is 9.52. The molecule has 0 saturated heterocycles. The first-order chi connectivity index (χ1) is 7.16. The Balaban J connectivity index is 3.08. The zero-order valence-electron chi connectivity index (χ0n) is 10.0. The molecular weight excluding hydrogens is 194 g/mol. The van der Waals surface area contributed by atoms with Crippen molar-refractivity contribution in [2.24, 2.45) is 0 Å². The smallest absolute Gasteiger partial charge is 0.319 e. The predicted molar refractivity (Wildman–Crippen MR) is 59.8 cm³/mol. The molecule has 0 aromatic carbocycles. The maximum atomic E-state index is 10.9. The molecule has 0 fully saturated rings. The lowest BCUT2D eigenvalue weighted by atomic mass is 10.3. The molecule has 0 aliphatic heterocycles. The van der Waals surface area contributed by atoms with E-state index in [2.05, 4.69) is 5.32 Å². The SMILES string of the molecule is CCOC(=O)CNCCCCOC(C)C. The van der Waals surface area contributed by atoms with E-state index >= 15 is 0 Å². The van der Waals surface area contributed by atoms with Gasteiger partial charge in [0, 0.05) is 6.61 Å². The van der Waals surface area contributed by atoms with Crippen LogP contribution in [0.2, 0.25) is 0 Å². The van der Waals surface area contributed by atoms with Crippen LogP contribution in [0.25, 0.3) is 0 Å². The highest BCUT2D eigenvalue weighted by Crippen LogP contribution is 1.93. The molecule has 0 amide bonds. The van der Waals surface area contributed by atoms with E-state index in [1.54, 1.807) is 6.92 Å². The Bertz CT molecular complexity index is 160. The van der Waals surface area contributed by atoms with Gasteiger partial charge in [-0.05, 0) is 40.2 Å². The first-order valence-corrected chi connectivity index (χ1v) is 5.64. The highest BCUT2D eigenvalue weighted by Gasteiger charge is 1.99. The highest BCUT2D eigenvalue weighted by atomic mass is 16.5. The predicted octanol–water partition coefficient (Wildman–Crippen LogP) is 1.34. The van der Waals surface area contributed by atoms with Crippen LogP contribution in [-0.4, -0.2) is 38.4 Å². The molecule has 0 rings (SSSR count). The molecule has 0 saturated carbocycles. The number of ether oxygens (including phenoxy) is 2. The number of carbonyl (C=O) groups excluding carboxylic acids is 1. The molecule has 0 aliphatic rings. The third-order valence-corrected chi connectivity index (χ3v) is 1.77. The minimum Gasteiger partial charge on any atom is -0.465 e. The lowest BCUT2D eigenvalue weighted by Crippen LogP contribution is -2.25. The molecule has 0 aromatic rings. The van der Waals surface area contributed by atoms with Gasteiger partial charge in [0.2, 0.25) is 0 Å². The van der Waals surface area contributed by atoms with Crippen LogP contribution in [0.15, 0.2) is 0 Å². The summed E-state index contributed by atoms with van der Waals surface area (Å²) in [5.74, 6) is -0.184. The summed E-state index contributed by atoms with van der Waals surface area (Å²) in [6.07, 6.45) is 2.35. The van der Waals surface area contributed by atoms with E-state index < -0.39 is 0 Å². The number of rotatable bonds is 9. The number of esters is 1. The molecule has 1 N–H and O–H groups in total. The van der Waals surface area contributed by atoms with Crippen LogP contribution < -0.4 is 5.32 Å². The van der Waals surface area contributed by atoms with Crippen molar-refractivity contribution < 1.29 is 14.3 Å². The van der Waals surface area contributed by atoms with Crippen molar-refractivity contribution in [3.63, 3.8) is 0 Å². The van der Waals surface area contributed by atoms with Gasteiger partial charge in [0.15, 0.2) is 0 Å². The maximum Gasteiger partial charge on any atom is 0.319 e. The van der Waals surface area contributed by atoms with Gasteiger partial charge >= 0.3 is 5.97 Å². The van der Waals surface area contributed by atoms with Crippen LogP contribution in [-0.2, 0) is 14.3 Å². The molecule has 0 heterocycles. The summed E-state index contributed by atoms with van der Waals surface area (Å²) >= 11 is 0. The quantitative estimate of drug-likeness (QED) is 0.468. The van der Waals surface area contributed by atoms with E-state index in [-0.39, 0.29) is 5.97 Å². The van der Waals surface area contributed by atoms with Gasteiger partial charge in [-0.1, -0.05) is 0 Å². The number of hydrogen-bond acceptors (Lipinski definition) is 4. The van der Waals surface area contributed by atoms with Gasteiger partial charge in [-0.25, -0.2) is 0 Å². The molecular formula is C11H23NO3. The second-order valence-corrected chi connectivity index (χ2v) is 3.61. The molecule has 0 radical (unpaired) electrons. The van der Waals surface area contributed by atoms with E-state index in [1.165, 1.54) is 0 Å². The van der Waals surface area contributed by atoms with Crippen molar-refractivity contribution in [3.05, 3.63) is 0 Å². The van der Waals surface area contributed by atoms with Crippen LogP contribution in [0.3, 0.4) is 0 Å². The van der Waals surface area contributed by atoms with Crippen molar-refractivity contribution in [2.45, 2.75) is 39.7 Å². The monoisotopic (exact) mass is 217 g/mol. The second-order valence-electron chi connectivity index (χ2n) is 3.61. The fourth-order valence-electron chi connectivity index (χ4n) is 1.07. The van der Waals surface area contributed by atoms with Gasteiger partial charge in [-0.2, -0.15) is 0 Å². The average Bonchev–Trinajstić information content (AvgIpc) is 2.16. The molecule has 0 atom stereocenters. The fourth-order valence-corrected chi connectivity index (χ4v) is 1.07. The third kappa shape index (κ3) is 11.3. The van der Waals surface area contributed by atoms with Crippen LogP contribution in [0.5, 0.6) is 0 Å². The van der Waals surface area contributed by atoms with E-state index in [4.69, 9.17) is 9.47 Å². The van der Waals surface area contributed by atoms with E-state index in [0.29, 0.717) is 19.3 Å². The Morgan fingerprint density at radius 1 is 1.33 bits per heavy atom. The van der Waals surface area contributed by atoms with Crippen LogP contribution in [0, 0.1) is 0 Å². The summed E-state index contributed by atoms with van der Waals surface area (Å²) in [6, 6.07) is 0. The Morgan fingerprint density at radius 2 is 2.07 bits per heavy atom. The van der Waals surface area contributed by atoms with Gasteiger partial charge in [-0.15, -0.1) is 0 Å². The summed E-state index contributed by atoms with van der Waals surface area (Å²) in [5.41, 5.74) is 0. The second kappa shape index (κ2) is 9.93. The van der Waals surface area contributed by atoms with Gasteiger partial charge < -0.3 is 14.8 Å². The lowest BCUT2D eigenvalue weighted by Gasteiger charge is -2.07. The highest BCUT2D eigenvalue weighted by molar-refractivity contribution is 5.71. The average molecular weight is 217 g/mol. The normalized spacial score (nSPS) is 10.7. The molecule has 4 nitrogen and oxygen atoms in total. The Hall–Kier alpha value is -0.610. The molecule has 0 aliphatic carbocycles. The minimum absolute atomic E-state index is 0.184. The molecule has 0 bridgehead atoms. The van der Waals surface area contributed by atoms with Crippen LogP contribution in [0.1, 0.15) is 33.6 Å². The third-order valence-electron chi connectivity index (χ3n) is 1.77. The lowest BCUT2D eigenvalue weighted by molar-refractivity contribution is -0.141. The summed E-state index contributed by atoms with van der Waals surface area (Å²) in [7, 11) is 0. The van der Waals surface area contributed by atoms with Gasteiger partial charge in [0.05, 0.1) is 19.3 Å². The van der Waals surface area contributed by atoms with E-state index in [9.17, 15) is 4.79 Å². The van der Waals surface area contributed by atoms with Gasteiger partial charge in [0.1, 0.15) is 0 Å². The summed E-state index contributed by atoms with van der Waals surface area (Å²) in [4.78, 5) is 10.9. The molecule has 0 aromatic heterocycles. The van der Waals surface area contributed by atoms with E-state index in [1.807, 2.05) is 13.8 Å². The fraction of sp³-hybridized carbons (Fsp3) is 0.909. The van der Waals surface area contributed by atoms with Crippen molar-refractivity contribution >= 4 is 5.97 Å². The number of hydrogen-bond donors (Lipinski definition) is 1. The minimum atomic E-state index is -0.184. The zero-order chi connectivity index (χ0) is 11.5. The Morgan fingerprint density at radius 3 is 2.67 bits per heavy atom. The van der Waals surface area contributed by atoms with Crippen molar-refractivity contribution in [1.29, 1.82) is 0 Å². The van der Waals surface area contributed by atoms with Crippen molar-refractivity contribution in [2.75, 3.05) is 26.3 Å². The molecule has 0 unspecified atom stereocenters. The van der Waals surface area contributed by atoms with E-state index in [0.717, 1.165) is 26.0 Å². The zero-order valence-corrected chi connectivity index (χ0v) is 10.0. The van der Waals surface area contributed by atoms with Crippen LogP contribution in [0.4, 0.5) is 0 Å². The van der Waals surface area contributed by atoms with Crippen LogP contribution >= 0.6 is 0 Å². The first-order valence-electron chi connectivity index (χ1n) is 5.64. The number of unbranched alkanes of at least 4 members (excludes halogenated alkanes) is 1. The van der Waals surface area contributed by atoms with Gasteiger partial charge in [-0.3, -0.25) is 4.79 Å². The topological polar surface area (TPSA) is 47.6 Å². The Labute approximate surface area is 92.3 Å². The summed E-state index contributed by atoms with van der Waals surface area (Å²) in [5, 5.41) is 3.03. The van der Waals surface area contributed by atoms with Crippen molar-refractivity contribution in [1.82, 2.24) is 5.32 Å². The number of carbonyl (C=O) groups is 1. The maximum absolute atomic E-state index is 10.9.